The summed E-state index contributed by atoms with van der Waals surface area (Å²) in [5.74, 6) is -0.747. The fraction of sp³-hybridized carbons (Fsp3) is 0. The highest BCUT2D eigenvalue weighted by molar-refractivity contribution is 6.34. The van der Waals surface area contributed by atoms with Crippen LogP contribution in [0.25, 0.3) is 0 Å². The first-order chi connectivity index (χ1) is 8.95. The lowest BCUT2D eigenvalue weighted by Crippen LogP contribution is -2.27. The lowest BCUT2D eigenvalue weighted by Gasteiger charge is -2.06. The average molecular weight is 282 g/mol. The highest BCUT2D eigenvalue weighted by atomic mass is 35.5. The number of phenols is 1. The van der Waals surface area contributed by atoms with E-state index in [1.54, 1.807) is 0 Å². The molecule has 0 atom stereocenters. The largest absolute Gasteiger partial charge is 0.508 e. The van der Waals surface area contributed by atoms with Crippen LogP contribution in [0.4, 0.5) is 5.69 Å². The van der Waals surface area contributed by atoms with Crippen molar-refractivity contribution in [3.63, 3.8) is 0 Å². The van der Waals surface area contributed by atoms with E-state index < -0.39 is 17.2 Å². The minimum absolute atomic E-state index is 0.0486. The third kappa shape index (κ3) is 3.02. The fourth-order valence-corrected chi connectivity index (χ4v) is 1.61. The number of benzene rings is 1. The van der Waals surface area contributed by atoms with E-state index in [4.69, 9.17) is 11.6 Å². The van der Waals surface area contributed by atoms with Gasteiger partial charge in [-0.2, -0.15) is 0 Å². The Morgan fingerprint density at radius 2 is 1.95 bits per heavy atom. The molecule has 2 rings (SSSR count). The summed E-state index contributed by atoms with van der Waals surface area (Å²) in [4.78, 5) is 38.0. The monoisotopic (exact) mass is 281 g/mol. The summed E-state index contributed by atoms with van der Waals surface area (Å²) < 4.78 is 0. The van der Waals surface area contributed by atoms with E-state index in [1.165, 1.54) is 18.2 Å². The van der Waals surface area contributed by atoms with Gasteiger partial charge in [0.1, 0.15) is 11.4 Å². The van der Waals surface area contributed by atoms with Crippen LogP contribution in [-0.2, 0) is 0 Å². The number of carbonyl (C=O) groups excluding carboxylic acids is 1. The molecule has 0 aliphatic rings. The number of aromatic nitrogens is 2. The maximum atomic E-state index is 11.8. The molecule has 0 bridgehead atoms. The smallest absolute Gasteiger partial charge is 0.326 e. The Labute approximate surface area is 110 Å². The van der Waals surface area contributed by atoms with E-state index in [0.29, 0.717) is 0 Å². The first-order valence-corrected chi connectivity index (χ1v) is 5.47. The second-order valence-electron chi connectivity index (χ2n) is 3.62. The molecular weight excluding hydrogens is 274 g/mol. The number of phenolic OH excluding ortho intramolecular Hbond substituents is 1. The Bertz CT molecular complexity index is 722. The average Bonchev–Trinajstić information content (AvgIpc) is 2.31. The van der Waals surface area contributed by atoms with Crippen LogP contribution < -0.4 is 16.6 Å². The van der Waals surface area contributed by atoms with Crippen molar-refractivity contribution in [1.82, 2.24) is 9.97 Å². The molecule has 0 spiro atoms. The number of amides is 1. The minimum atomic E-state index is -0.783. The summed E-state index contributed by atoms with van der Waals surface area (Å²) in [6.07, 6.45) is 0. The number of aromatic amines is 2. The molecule has 2 aromatic rings. The van der Waals surface area contributed by atoms with Gasteiger partial charge in [0, 0.05) is 12.1 Å². The first-order valence-electron chi connectivity index (χ1n) is 5.09. The molecule has 0 unspecified atom stereocenters. The molecule has 1 amide bonds. The highest BCUT2D eigenvalue weighted by Crippen LogP contribution is 2.26. The molecule has 0 saturated heterocycles. The normalized spacial score (nSPS) is 10.2. The van der Waals surface area contributed by atoms with Crippen molar-refractivity contribution in [2.24, 2.45) is 0 Å². The van der Waals surface area contributed by atoms with Gasteiger partial charge >= 0.3 is 5.69 Å². The Balaban J connectivity index is 2.30. The maximum Gasteiger partial charge on any atom is 0.326 e. The van der Waals surface area contributed by atoms with Crippen LogP contribution in [-0.4, -0.2) is 21.0 Å². The third-order valence-electron chi connectivity index (χ3n) is 2.21. The molecule has 8 heteroatoms. The van der Waals surface area contributed by atoms with Gasteiger partial charge in [-0.05, 0) is 12.1 Å². The number of hydrogen-bond donors (Lipinski definition) is 4. The third-order valence-corrected chi connectivity index (χ3v) is 2.52. The van der Waals surface area contributed by atoms with Gasteiger partial charge in [0.25, 0.3) is 11.5 Å². The molecule has 0 aliphatic carbocycles. The van der Waals surface area contributed by atoms with Crippen molar-refractivity contribution in [3.05, 3.63) is 55.8 Å². The van der Waals surface area contributed by atoms with Gasteiger partial charge in [0.15, 0.2) is 0 Å². The molecule has 0 fully saturated rings. The minimum Gasteiger partial charge on any atom is -0.508 e. The zero-order chi connectivity index (χ0) is 14.0. The van der Waals surface area contributed by atoms with Gasteiger partial charge in [0.2, 0.25) is 0 Å². The Morgan fingerprint density at radius 3 is 2.58 bits per heavy atom. The number of anilines is 1. The summed E-state index contributed by atoms with van der Waals surface area (Å²) in [7, 11) is 0. The van der Waals surface area contributed by atoms with Gasteiger partial charge in [-0.3, -0.25) is 14.6 Å². The summed E-state index contributed by atoms with van der Waals surface area (Å²) in [6, 6.07) is 4.92. The molecule has 1 aromatic heterocycles. The van der Waals surface area contributed by atoms with Crippen molar-refractivity contribution < 1.29 is 9.90 Å². The van der Waals surface area contributed by atoms with Crippen LogP contribution >= 0.6 is 11.6 Å². The van der Waals surface area contributed by atoms with Crippen LogP contribution in [0.15, 0.2) is 33.9 Å². The number of hydrogen-bond acceptors (Lipinski definition) is 4. The number of nitrogens with one attached hydrogen (secondary N) is 3. The van der Waals surface area contributed by atoms with E-state index in [-0.39, 0.29) is 22.2 Å². The number of aromatic hydroxyl groups is 1. The fourth-order valence-electron chi connectivity index (χ4n) is 1.39. The lowest BCUT2D eigenvalue weighted by atomic mass is 10.3. The second-order valence-corrected chi connectivity index (χ2v) is 4.03. The summed E-state index contributed by atoms with van der Waals surface area (Å²) >= 11 is 5.81. The first kappa shape index (κ1) is 12.9. The quantitative estimate of drug-likeness (QED) is 0.606. The van der Waals surface area contributed by atoms with Crippen LogP contribution in [0, 0.1) is 0 Å². The molecule has 1 heterocycles. The zero-order valence-electron chi connectivity index (χ0n) is 9.36. The molecule has 19 heavy (non-hydrogen) atoms. The summed E-state index contributed by atoms with van der Waals surface area (Å²) in [5.41, 5.74) is -1.43. The van der Waals surface area contributed by atoms with Crippen molar-refractivity contribution in [3.8, 4) is 5.75 Å². The van der Waals surface area contributed by atoms with Gasteiger partial charge in [-0.25, -0.2) is 4.79 Å². The number of halogens is 1. The molecule has 4 N–H and O–H groups in total. The predicted molar refractivity (Wildman–Crippen MR) is 68.8 cm³/mol. The topological polar surface area (TPSA) is 115 Å². The van der Waals surface area contributed by atoms with Crippen LogP contribution in [0.1, 0.15) is 10.5 Å². The van der Waals surface area contributed by atoms with Crippen molar-refractivity contribution in [1.29, 1.82) is 0 Å². The molecule has 0 saturated carbocycles. The van der Waals surface area contributed by atoms with Gasteiger partial charge < -0.3 is 15.4 Å². The van der Waals surface area contributed by atoms with Crippen molar-refractivity contribution in [2.75, 3.05) is 5.32 Å². The van der Waals surface area contributed by atoms with E-state index in [1.807, 2.05) is 4.98 Å². The molecule has 98 valence electrons. The molecule has 0 aliphatic heterocycles. The van der Waals surface area contributed by atoms with Crippen molar-refractivity contribution in [2.45, 2.75) is 0 Å². The number of H-pyrrole nitrogens is 2. The number of carbonyl (C=O) groups is 1. The highest BCUT2D eigenvalue weighted by Gasteiger charge is 2.10. The van der Waals surface area contributed by atoms with E-state index in [0.717, 1.165) is 6.07 Å². The molecule has 7 nitrogen and oxygen atoms in total. The predicted octanol–water partition coefficient (Wildman–Crippen LogP) is 0.675. The van der Waals surface area contributed by atoms with Crippen LogP contribution in [0.2, 0.25) is 5.02 Å². The molecule has 1 aromatic carbocycles. The van der Waals surface area contributed by atoms with E-state index in [2.05, 4.69) is 10.3 Å². The Kier molecular flexibility index (Phi) is 3.39. The Hall–Kier alpha value is -2.54. The van der Waals surface area contributed by atoms with E-state index >= 15 is 0 Å². The van der Waals surface area contributed by atoms with Crippen molar-refractivity contribution >= 4 is 23.2 Å². The Morgan fingerprint density at radius 1 is 1.21 bits per heavy atom. The number of rotatable bonds is 2. The van der Waals surface area contributed by atoms with Crippen LogP contribution in [0.5, 0.6) is 5.75 Å². The van der Waals surface area contributed by atoms with Gasteiger partial charge in [-0.1, -0.05) is 11.6 Å². The van der Waals surface area contributed by atoms with Gasteiger partial charge in [0.05, 0.1) is 10.7 Å². The van der Waals surface area contributed by atoms with Crippen LogP contribution in [0.3, 0.4) is 0 Å². The van der Waals surface area contributed by atoms with Gasteiger partial charge in [-0.15, -0.1) is 0 Å². The molecule has 0 radical (unpaired) electrons. The SMILES string of the molecule is O=C(Nc1ccc(O)cc1Cl)c1cc(=O)[nH]c(=O)[nH]1. The summed E-state index contributed by atoms with van der Waals surface area (Å²) in [5, 5.41) is 11.7. The standard InChI is InChI=1S/C11H8ClN3O4/c12-6-3-5(16)1-2-7(6)13-10(18)8-4-9(17)15-11(19)14-8/h1-4,16H,(H,13,18)(H2,14,15,17,19). The van der Waals surface area contributed by atoms with E-state index in [9.17, 15) is 19.5 Å². The molecular formula is C11H8ClN3O4. The zero-order valence-corrected chi connectivity index (χ0v) is 10.1. The second kappa shape index (κ2) is 4.99. The lowest BCUT2D eigenvalue weighted by molar-refractivity contribution is 0.102. The maximum absolute atomic E-state index is 11.8. The summed E-state index contributed by atoms with van der Waals surface area (Å²) in [6.45, 7) is 0.